The van der Waals surface area contributed by atoms with Crippen molar-refractivity contribution in [2.75, 3.05) is 0 Å². The number of nitrogens with zero attached hydrogens (tertiary/aromatic N) is 3. The van der Waals surface area contributed by atoms with E-state index in [1.54, 1.807) is 42.5 Å². The normalized spacial score (nSPS) is 11.5. The first-order valence-corrected chi connectivity index (χ1v) is 12.8. The summed E-state index contributed by atoms with van der Waals surface area (Å²) in [6.07, 6.45) is 2.05. The molecule has 10 heteroatoms. The van der Waals surface area contributed by atoms with E-state index in [4.69, 9.17) is 39.5 Å². The van der Waals surface area contributed by atoms with Crippen molar-refractivity contribution in [3.63, 3.8) is 0 Å². The van der Waals surface area contributed by atoms with Gasteiger partial charge in [0, 0.05) is 37.1 Å². The lowest BCUT2D eigenvalue weighted by Crippen LogP contribution is -2.22. The summed E-state index contributed by atoms with van der Waals surface area (Å²) in [5, 5.41) is 6.44. The average Bonchev–Trinajstić information content (AvgIpc) is 2.79. The topological polar surface area (TPSA) is 56.5 Å². The molecule has 0 N–H and O–H groups in total. The van der Waals surface area contributed by atoms with Gasteiger partial charge in [-0.25, -0.2) is 4.98 Å². The molecule has 0 unspecified atom stereocenters. The van der Waals surface area contributed by atoms with Crippen LogP contribution < -0.4 is 10.3 Å². The maximum Gasteiger partial charge on any atom is 0.282 e. The Bertz CT molecular complexity index is 1490. The van der Waals surface area contributed by atoms with Crippen LogP contribution in [0.25, 0.3) is 10.9 Å². The minimum absolute atomic E-state index is 0.197. The summed E-state index contributed by atoms with van der Waals surface area (Å²) in [6.45, 7) is 2.11. The number of hydrogen-bond acceptors (Lipinski definition) is 4. The molecule has 34 heavy (non-hydrogen) atoms. The molecular weight excluding hydrogens is 628 g/mol. The van der Waals surface area contributed by atoms with Crippen LogP contribution >= 0.6 is 66.7 Å². The predicted molar refractivity (Wildman–Crippen MR) is 146 cm³/mol. The minimum Gasteiger partial charge on any atom is -0.487 e. The zero-order valence-electron chi connectivity index (χ0n) is 17.7. The second kappa shape index (κ2) is 10.8. The van der Waals surface area contributed by atoms with Gasteiger partial charge in [-0.3, -0.25) is 4.79 Å². The third-order valence-corrected chi connectivity index (χ3v) is 6.82. The predicted octanol–water partition coefficient (Wildman–Crippen LogP) is 7.91. The van der Waals surface area contributed by atoms with Gasteiger partial charge in [-0.15, -0.1) is 0 Å². The smallest absolute Gasteiger partial charge is 0.282 e. The standard InChI is InChI=1S/C24H16Br2Cl3N3O2/c1-2-22-31-21-6-4-15(25)8-18(21)24(33)32(22)30-11-14-7-17(28)9-19(26)23(14)34-12-13-3-5-16(27)10-20(13)29/h3-11H,2,12H2,1H3. The SMILES string of the molecule is CCc1nc2ccc(Br)cc2c(=O)n1N=Cc1cc(Cl)cc(Br)c1OCc1ccc(Cl)cc1Cl. The summed E-state index contributed by atoms with van der Waals surface area (Å²) in [6, 6.07) is 14.0. The lowest BCUT2D eigenvalue weighted by Gasteiger charge is -2.13. The van der Waals surface area contributed by atoms with E-state index in [9.17, 15) is 4.79 Å². The van der Waals surface area contributed by atoms with E-state index in [0.717, 1.165) is 10.0 Å². The highest BCUT2D eigenvalue weighted by atomic mass is 79.9. The number of fused-ring (bicyclic) bond motifs is 1. The second-order valence-corrected chi connectivity index (χ2v) is 10.3. The molecule has 0 saturated carbocycles. The summed E-state index contributed by atoms with van der Waals surface area (Å²) in [5.74, 6) is 1.04. The van der Waals surface area contributed by atoms with E-state index in [2.05, 4.69) is 41.9 Å². The van der Waals surface area contributed by atoms with Gasteiger partial charge >= 0.3 is 0 Å². The van der Waals surface area contributed by atoms with Crippen molar-refractivity contribution in [2.45, 2.75) is 20.0 Å². The summed E-state index contributed by atoms with van der Waals surface area (Å²) in [5.41, 5.74) is 1.69. The van der Waals surface area contributed by atoms with Gasteiger partial charge in [-0.05, 0) is 58.4 Å². The van der Waals surface area contributed by atoms with E-state index in [0.29, 0.717) is 54.0 Å². The molecular formula is C24H16Br2Cl3N3O2. The quantitative estimate of drug-likeness (QED) is 0.201. The van der Waals surface area contributed by atoms with Crippen molar-refractivity contribution in [1.29, 1.82) is 0 Å². The Balaban J connectivity index is 1.74. The van der Waals surface area contributed by atoms with Gasteiger partial charge < -0.3 is 4.74 Å². The summed E-state index contributed by atoms with van der Waals surface area (Å²) < 4.78 is 8.77. The molecule has 0 saturated heterocycles. The molecule has 0 radical (unpaired) electrons. The van der Waals surface area contributed by atoms with E-state index >= 15 is 0 Å². The summed E-state index contributed by atoms with van der Waals surface area (Å²) in [4.78, 5) is 17.8. The van der Waals surface area contributed by atoms with Gasteiger partial charge in [-0.1, -0.05) is 63.7 Å². The fraction of sp³-hybridized carbons (Fsp3) is 0.125. The van der Waals surface area contributed by atoms with Gasteiger partial charge in [0.25, 0.3) is 5.56 Å². The van der Waals surface area contributed by atoms with Crippen LogP contribution in [0.15, 0.2) is 67.4 Å². The Hall–Kier alpha value is -1.90. The third kappa shape index (κ3) is 5.50. The Kier molecular flexibility index (Phi) is 8.00. The van der Waals surface area contributed by atoms with Crippen LogP contribution in [-0.4, -0.2) is 15.9 Å². The first-order chi connectivity index (χ1) is 16.3. The number of rotatable bonds is 6. The van der Waals surface area contributed by atoms with Crippen molar-refractivity contribution in [3.05, 3.63) is 99.8 Å². The van der Waals surface area contributed by atoms with Crippen molar-refractivity contribution in [3.8, 4) is 5.75 Å². The molecule has 174 valence electrons. The molecule has 5 nitrogen and oxygen atoms in total. The molecule has 0 spiro atoms. The van der Waals surface area contributed by atoms with Gasteiger partial charge in [0.2, 0.25) is 0 Å². The van der Waals surface area contributed by atoms with Crippen LogP contribution in [0.5, 0.6) is 5.75 Å². The molecule has 0 fully saturated rings. The Labute approximate surface area is 227 Å². The van der Waals surface area contributed by atoms with Crippen LogP contribution in [0.1, 0.15) is 23.9 Å². The number of ether oxygens (including phenoxy) is 1. The Morgan fingerprint density at radius 2 is 1.85 bits per heavy atom. The molecule has 0 bridgehead atoms. The molecule has 0 amide bonds. The fourth-order valence-electron chi connectivity index (χ4n) is 3.28. The minimum atomic E-state index is -0.268. The lowest BCUT2D eigenvalue weighted by atomic mass is 10.2. The molecule has 0 aliphatic heterocycles. The lowest BCUT2D eigenvalue weighted by molar-refractivity contribution is 0.304. The van der Waals surface area contributed by atoms with Crippen LogP contribution in [0.3, 0.4) is 0 Å². The largest absolute Gasteiger partial charge is 0.487 e. The number of benzene rings is 3. The zero-order chi connectivity index (χ0) is 24.4. The van der Waals surface area contributed by atoms with Crippen LogP contribution in [0, 0.1) is 0 Å². The van der Waals surface area contributed by atoms with Crippen molar-refractivity contribution in [1.82, 2.24) is 9.66 Å². The highest BCUT2D eigenvalue weighted by Crippen LogP contribution is 2.33. The van der Waals surface area contributed by atoms with Crippen molar-refractivity contribution < 1.29 is 4.74 Å². The molecule has 4 aromatic rings. The molecule has 3 aromatic carbocycles. The van der Waals surface area contributed by atoms with Gasteiger partial charge in [-0.2, -0.15) is 9.78 Å². The Morgan fingerprint density at radius 3 is 2.59 bits per heavy atom. The van der Waals surface area contributed by atoms with E-state index in [1.165, 1.54) is 10.9 Å². The third-order valence-electron chi connectivity index (χ3n) is 4.93. The van der Waals surface area contributed by atoms with Gasteiger partial charge in [0.15, 0.2) is 0 Å². The maximum atomic E-state index is 13.2. The zero-order valence-corrected chi connectivity index (χ0v) is 23.1. The Morgan fingerprint density at radius 1 is 1.06 bits per heavy atom. The van der Waals surface area contributed by atoms with Crippen LogP contribution in [0.2, 0.25) is 15.1 Å². The molecule has 1 heterocycles. The molecule has 4 rings (SSSR count). The first-order valence-electron chi connectivity index (χ1n) is 10.1. The number of halogens is 5. The molecule has 0 aliphatic carbocycles. The summed E-state index contributed by atoms with van der Waals surface area (Å²) >= 11 is 25.4. The molecule has 1 aromatic heterocycles. The van der Waals surface area contributed by atoms with E-state index in [1.807, 2.05) is 13.0 Å². The number of aryl methyl sites for hydroxylation is 1. The molecule has 0 aliphatic rings. The summed E-state index contributed by atoms with van der Waals surface area (Å²) in [7, 11) is 0. The maximum absolute atomic E-state index is 13.2. The first kappa shape index (κ1) is 25.2. The van der Waals surface area contributed by atoms with Crippen molar-refractivity contribution in [2.24, 2.45) is 5.10 Å². The van der Waals surface area contributed by atoms with E-state index in [-0.39, 0.29) is 12.2 Å². The monoisotopic (exact) mass is 641 g/mol. The molecule has 0 atom stereocenters. The van der Waals surface area contributed by atoms with E-state index < -0.39 is 0 Å². The van der Waals surface area contributed by atoms with Crippen molar-refractivity contribution >= 4 is 83.8 Å². The van der Waals surface area contributed by atoms with Crippen LogP contribution in [0.4, 0.5) is 0 Å². The fourth-order valence-corrected chi connectivity index (χ4v) is 5.05. The highest BCUT2D eigenvalue weighted by Gasteiger charge is 2.13. The number of hydrogen-bond donors (Lipinski definition) is 0. The van der Waals surface area contributed by atoms with Gasteiger partial charge in [0.1, 0.15) is 18.2 Å². The second-order valence-electron chi connectivity index (χ2n) is 7.23. The average molecular weight is 645 g/mol. The van der Waals surface area contributed by atoms with Gasteiger partial charge in [0.05, 0.1) is 21.6 Å². The van der Waals surface area contributed by atoms with Crippen LogP contribution in [-0.2, 0) is 13.0 Å². The number of aromatic nitrogens is 2. The highest BCUT2D eigenvalue weighted by molar-refractivity contribution is 9.10.